The van der Waals surface area contributed by atoms with Gasteiger partial charge in [0.15, 0.2) is 5.82 Å². The second-order valence-corrected chi connectivity index (χ2v) is 6.88. The lowest BCUT2D eigenvalue weighted by Gasteiger charge is -2.25. The minimum Gasteiger partial charge on any atom is -0.497 e. The van der Waals surface area contributed by atoms with Gasteiger partial charge in [-0.15, -0.1) is 5.10 Å². The number of amides is 1. The highest BCUT2D eigenvalue weighted by Gasteiger charge is 2.25. The van der Waals surface area contributed by atoms with E-state index < -0.39 is 0 Å². The van der Waals surface area contributed by atoms with Crippen LogP contribution in [-0.4, -0.2) is 74.1 Å². The summed E-state index contributed by atoms with van der Waals surface area (Å²) in [4.78, 5) is 15.0. The second kappa shape index (κ2) is 8.82. The number of carbonyl (C=O) groups is 1. The first-order chi connectivity index (χ1) is 14.2. The number of hydrogen-bond donors (Lipinski definition) is 1. The Hall–Kier alpha value is -3.27. The average Bonchev–Trinajstić information content (AvgIpc) is 3.52. The van der Waals surface area contributed by atoms with Crippen LogP contribution in [0.3, 0.4) is 0 Å². The smallest absolute Gasteiger partial charge is 0.272 e. The van der Waals surface area contributed by atoms with E-state index in [1.165, 1.54) is 11.0 Å². The van der Waals surface area contributed by atoms with Crippen LogP contribution in [-0.2, 0) is 11.2 Å². The highest BCUT2D eigenvalue weighted by molar-refractivity contribution is 5.92. The molecule has 1 aliphatic rings. The normalized spacial score (nSPS) is 16.1. The lowest BCUT2D eigenvalue weighted by molar-refractivity contribution is 0.0524. The molecule has 0 aliphatic carbocycles. The lowest BCUT2D eigenvalue weighted by atomic mass is 10.1. The van der Waals surface area contributed by atoms with E-state index in [2.05, 4.69) is 25.7 Å². The van der Waals surface area contributed by atoms with E-state index in [0.29, 0.717) is 24.6 Å². The van der Waals surface area contributed by atoms with E-state index in [9.17, 15) is 4.79 Å². The van der Waals surface area contributed by atoms with Crippen molar-refractivity contribution in [3.8, 4) is 11.6 Å². The summed E-state index contributed by atoms with van der Waals surface area (Å²) in [5, 5.41) is 17.9. The molecule has 1 aromatic carbocycles. The van der Waals surface area contributed by atoms with Gasteiger partial charge in [-0.3, -0.25) is 9.89 Å². The predicted molar refractivity (Wildman–Crippen MR) is 103 cm³/mol. The molecule has 0 saturated carbocycles. The molecule has 1 saturated heterocycles. The molecule has 0 spiro atoms. The number of aromatic nitrogens is 6. The number of nitrogens with one attached hydrogen (secondary N) is 1. The first kappa shape index (κ1) is 19.1. The van der Waals surface area contributed by atoms with Crippen LogP contribution in [0, 0.1) is 0 Å². The van der Waals surface area contributed by atoms with Crippen molar-refractivity contribution in [2.24, 2.45) is 0 Å². The number of rotatable bonds is 8. The Labute approximate surface area is 167 Å². The topological polar surface area (TPSA) is 111 Å². The molecule has 3 heterocycles. The highest BCUT2D eigenvalue weighted by Crippen LogP contribution is 2.17. The van der Waals surface area contributed by atoms with Gasteiger partial charge in [-0.2, -0.15) is 9.78 Å². The Kier molecular flexibility index (Phi) is 5.80. The largest absolute Gasteiger partial charge is 0.497 e. The maximum atomic E-state index is 13.2. The number of ether oxygens (including phenoxy) is 2. The molecule has 1 fully saturated rings. The minimum atomic E-state index is -0.124. The van der Waals surface area contributed by atoms with Gasteiger partial charge >= 0.3 is 0 Å². The van der Waals surface area contributed by atoms with Gasteiger partial charge in [-0.05, 0) is 47.4 Å². The first-order valence-corrected chi connectivity index (χ1v) is 9.55. The summed E-state index contributed by atoms with van der Waals surface area (Å²) in [6.45, 7) is 1.87. The van der Waals surface area contributed by atoms with Crippen molar-refractivity contribution in [2.75, 3.05) is 26.8 Å². The minimum absolute atomic E-state index is 0.0664. The molecule has 152 valence electrons. The number of tetrazole rings is 1. The zero-order valence-electron chi connectivity index (χ0n) is 16.2. The van der Waals surface area contributed by atoms with Crippen LogP contribution in [0.1, 0.15) is 28.9 Å². The quantitative estimate of drug-likeness (QED) is 0.609. The monoisotopic (exact) mass is 397 g/mol. The third-order valence-electron chi connectivity index (χ3n) is 4.94. The van der Waals surface area contributed by atoms with E-state index in [0.717, 1.165) is 37.2 Å². The Morgan fingerprint density at radius 2 is 2.24 bits per heavy atom. The molecule has 10 heteroatoms. The third-order valence-corrected chi connectivity index (χ3v) is 4.94. The number of nitrogens with zero attached hydrogens (tertiary/aromatic N) is 6. The van der Waals surface area contributed by atoms with Crippen LogP contribution >= 0.6 is 0 Å². The molecule has 1 unspecified atom stereocenters. The molecule has 1 atom stereocenters. The van der Waals surface area contributed by atoms with Crippen molar-refractivity contribution >= 4 is 5.91 Å². The Bertz CT molecular complexity index is 918. The number of aromatic amines is 1. The summed E-state index contributed by atoms with van der Waals surface area (Å²) in [6, 6.07) is 9.53. The molecule has 1 aliphatic heterocycles. The van der Waals surface area contributed by atoms with E-state index >= 15 is 0 Å². The van der Waals surface area contributed by atoms with Gasteiger partial charge in [-0.25, -0.2) is 0 Å². The van der Waals surface area contributed by atoms with Gasteiger partial charge in [0.1, 0.15) is 17.8 Å². The maximum absolute atomic E-state index is 13.2. The van der Waals surface area contributed by atoms with Crippen molar-refractivity contribution in [1.29, 1.82) is 0 Å². The molecule has 3 aromatic rings. The molecule has 4 rings (SSSR count). The van der Waals surface area contributed by atoms with Crippen molar-refractivity contribution in [1.82, 2.24) is 35.3 Å². The molecule has 1 amide bonds. The van der Waals surface area contributed by atoms with Gasteiger partial charge in [0.05, 0.1) is 13.2 Å². The zero-order valence-corrected chi connectivity index (χ0v) is 16.2. The van der Waals surface area contributed by atoms with Crippen LogP contribution < -0.4 is 4.74 Å². The Morgan fingerprint density at radius 1 is 1.38 bits per heavy atom. The fourth-order valence-corrected chi connectivity index (χ4v) is 3.34. The molecule has 29 heavy (non-hydrogen) atoms. The van der Waals surface area contributed by atoms with E-state index in [4.69, 9.17) is 9.47 Å². The van der Waals surface area contributed by atoms with E-state index in [1.54, 1.807) is 13.2 Å². The zero-order chi connectivity index (χ0) is 20.1. The maximum Gasteiger partial charge on any atom is 0.272 e. The average molecular weight is 397 g/mol. The molecule has 2 aromatic heterocycles. The summed E-state index contributed by atoms with van der Waals surface area (Å²) in [6.07, 6.45) is 4.22. The van der Waals surface area contributed by atoms with Gasteiger partial charge in [0.25, 0.3) is 5.91 Å². The SMILES string of the molecule is COc1ccc(CCN(CC2CCCO2)C(=O)c2cc(-n3cnnn3)n[nH]2)cc1. The summed E-state index contributed by atoms with van der Waals surface area (Å²) in [5.74, 6) is 1.15. The summed E-state index contributed by atoms with van der Waals surface area (Å²) < 4.78 is 12.4. The van der Waals surface area contributed by atoms with E-state index in [1.807, 2.05) is 29.2 Å². The van der Waals surface area contributed by atoms with Crippen LogP contribution in [0.4, 0.5) is 0 Å². The molecule has 10 nitrogen and oxygen atoms in total. The standard InChI is InChI=1S/C19H23N7O3/c1-28-15-6-4-14(5-7-15)8-9-25(12-16-3-2-10-29-16)19(27)17-11-18(22-21-17)26-13-20-23-24-26/h4-7,11,13,16H,2-3,8-10,12H2,1H3,(H,21,22). The van der Waals surface area contributed by atoms with Crippen LogP contribution in [0.5, 0.6) is 5.75 Å². The van der Waals surface area contributed by atoms with Crippen molar-refractivity contribution in [3.63, 3.8) is 0 Å². The second-order valence-electron chi connectivity index (χ2n) is 6.88. The van der Waals surface area contributed by atoms with Gasteiger partial charge in [-0.1, -0.05) is 12.1 Å². The van der Waals surface area contributed by atoms with Crippen LogP contribution in [0.15, 0.2) is 36.7 Å². The lowest BCUT2D eigenvalue weighted by Crippen LogP contribution is -2.39. The fraction of sp³-hybridized carbons (Fsp3) is 0.421. The van der Waals surface area contributed by atoms with Gasteiger partial charge in [0.2, 0.25) is 0 Å². The number of carbonyl (C=O) groups excluding carboxylic acids is 1. The highest BCUT2D eigenvalue weighted by atomic mass is 16.5. The Balaban J connectivity index is 1.47. The third kappa shape index (κ3) is 4.60. The number of H-pyrrole nitrogens is 1. The van der Waals surface area contributed by atoms with Crippen LogP contribution in [0.2, 0.25) is 0 Å². The van der Waals surface area contributed by atoms with Crippen molar-refractivity contribution in [3.05, 3.63) is 47.9 Å². The molecular formula is C19H23N7O3. The summed E-state index contributed by atoms with van der Waals surface area (Å²) >= 11 is 0. The fourth-order valence-electron chi connectivity index (χ4n) is 3.34. The number of benzene rings is 1. The molecule has 0 bridgehead atoms. The number of hydrogen-bond acceptors (Lipinski definition) is 7. The molecular weight excluding hydrogens is 374 g/mol. The molecule has 0 radical (unpaired) electrons. The van der Waals surface area contributed by atoms with Gasteiger partial charge < -0.3 is 14.4 Å². The van der Waals surface area contributed by atoms with Crippen molar-refractivity contribution < 1.29 is 14.3 Å². The molecule has 1 N–H and O–H groups in total. The Morgan fingerprint density at radius 3 is 2.93 bits per heavy atom. The first-order valence-electron chi connectivity index (χ1n) is 9.55. The van der Waals surface area contributed by atoms with Gasteiger partial charge in [0, 0.05) is 25.8 Å². The van der Waals surface area contributed by atoms with Crippen molar-refractivity contribution in [2.45, 2.75) is 25.4 Å². The predicted octanol–water partition coefficient (Wildman–Crippen LogP) is 1.26. The van der Waals surface area contributed by atoms with E-state index in [-0.39, 0.29) is 12.0 Å². The summed E-state index contributed by atoms with van der Waals surface area (Å²) in [7, 11) is 1.64. The number of methoxy groups -OCH3 is 1. The van der Waals surface area contributed by atoms with Crippen LogP contribution in [0.25, 0.3) is 5.82 Å². The summed E-state index contributed by atoms with van der Waals surface area (Å²) in [5.41, 5.74) is 1.53.